The molecule has 0 unspecified atom stereocenters. The summed E-state index contributed by atoms with van der Waals surface area (Å²) in [5, 5.41) is 3.16. The number of fused-ring (bicyclic) bond motifs is 1. The van der Waals surface area contributed by atoms with Crippen LogP contribution in [-0.4, -0.2) is 35.1 Å². The van der Waals surface area contributed by atoms with Crippen molar-refractivity contribution in [1.29, 1.82) is 0 Å². The van der Waals surface area contributed by atoms with Crippen LogP contribution in [0.2, 0.25) is 0 Å². The molecule has 0 spiro atoms. The SMILES string of the molecule is O=C(Nc1ncnc2c1CCN(S(=O)(=O)Cc1ccccc1)C2)C12CC3CC(CC(C3)C1)C2. The van der Waals surface area contributed by atoms with Crippen LogP contribution >= 0.6 is 0 Å². The van der Waals surface area contributed by atoms with Gasteiger partial charge in [-0.25, -0.2) is 18.4 Å². The average molecular weight is 467 g/mol. The predicted molar refractivity (Wildman–Crippen MR) is 124 cm³/mol. The molecule has 2 heterocycles. The topological polar surface area (TPSA) is 92.3 Å². The van der Waals surface area contributed by atoms with Gasteiger partial charge in [0, 0.05) is 12.1 Å². The summed E-state index contributed by atoms with van der Waals surface area (Å²) in [7, 11) is -3.46. The lowest BCUT2D eigenvalue weighted by Crippen LogP contribution is -2.52. The Morgan fingerprint density at radius 2 is 1.70 bits per heavy atom. The molecule has 4 fully saturated rings. The molecule has 4 saturated carbocycles. The van der Waals surface area contributed by atoms with Gasteiger partial charge in [0.2, 0.25) is 15.9 Å². The highest BCUT2D eigenvalue weighted by Gasteiger charge is 2.54. The van der Waals surface area contributed by atoms with Crippen molar-refractivity contribution < 1.29 is 13.2 Å². The lowest BCUT2D eigenvalue weighted by molar-refractivity contribution is -0.140. The monoisotopic (exact) mass is 466 g/mol. The van der Waals surface area contributed by atoms with Crippen LogP contribution in [0.15, 0.2) is 36.7 Å². The lowest BCUT2D eigenvalue weighted by atomic mass is 9.49. The summed E-state index contributed by atoms with van der Waals surface area (Å²) < 4.78 is 27.5. The summed E-state index contributed by atoms with van der Waals surface area (Å²) in [6.45, 7) is 0.586. The number of carbonyl (C=O) groups is 1. The number of sulfonamides is 1. The molecule has 8 heteroatoms. The Balaban J connectivity index is 1.19. The summed E-state index contributed by atoms with van der Waals surface area (Å²) >= 11 is 0. The van der Waals surface area contributed by atoms with Gasteiger partial charge in [0.05, 0.1) is 23.4 Å². The fourth-order valence-electron chi connectivity index (χ4n) is 7.18. The smallest absolute Gasteiger partial charge is 0.231 e. The van der Waals surface area contributed by atoms with Crippen molar-refractivity contribution in [3.63, 3.8) is 0 Å². The van der Waals surface area contributed by atoms with Crippen molar-refractivity contribution in [2.45, 2.75) is 57.2 Å². The Kier molecular flexibility index (Phi) is 5.07. The lowest BCUT2D eigenvalue weighted by Gasteiger charge is -2.55. The number of carbonyl (C=O) groups excluding carboxylic acids is 1. The molecule has 1 aromatic carbocycles. The Morgan fingerprint density at radius 1 is 1.03 bits per heavy atom. The molecule has 0 atom stereocenters. The van der Waals surface area contributed by atoms with Gasteiger partial charge in [0.1, 0.15) is 12.1 Å². The van der Waals surface area contributed by atoms with Crippen LogP contribution in [0.3, 0.4) is 0 Å². The van der Waals surface area contributed by atoms with Crippen LogP contribution < -0.4 is 5.32 Å². The number of hydrogen-bond donors (Lipinski definition) is 1. The zero-order chi connectivity index (χ0) is 22.6. The fourth-order valence-corrected chi connectivity index (χ4v) is 8.67. The van der Waals surface area contributed by atoms with E-state index in [0.717, 1.165) is 30.4 Å². The number of hydrogen-bond acceptors (Lipinski definition) is 5. The van der Waals surface area contributed by atoms with Crippen molar-refractivity contribution in [3.05, 3.63) is 53.5 Å². The van der Waals surface area contributed by atoms with Crippen molar-refractivity contribution >= 4 is 21.7 Å². The first-order valence-corrected chi connectivity index (χ1v) is 13.7. The summed E-state index contributed by atoms with van der Waals surface area (Å²) in [6.07, 6.45) is 8.84. The summed E-state index contributed by atoms with van der Waals surface area (Å²) in [5.41, 5.74) is 2.09. The molecule has 1 N–H and O–H groups in total. The van der Waals surface area contributed by atoms with Gasteiger partial charge in [0.25, 0.3) is 0 Å². The summed E-state index contributed by atoms with van der Waals surface area (Å²) in [5.74, 6) is 2.76. The van der Waals surface area contributed by atoms with E-state index in [1.54, 1.807) is 0 Å². The minimum Gasteiger partial charge on any atom is -0.310 e. The van der Waals surface area contributed by atoms with Crippen LogP contribution in [0.5, 0.6) is 0 Å². The second kappa shape index (κ2) is 7.87. The molecule has 1 aromatic heterocycles. The second-order valence-electron chi connectivity index (χ2n) is 10.6. The number of benzene rings is 1. The maximum Gasteiger partial charge on any atom is 0.231 e. The molecular weight excluding hydrogens is 436 g/mol. The van der Waals surface area contributed by atoms with Gasteiger partial charge in [-0.15, -0.1) is 0 Å². The number of nitrogens with one attached hydrogen (secondary N) is 1. The zero-order valence-electron chi connectivity index (χ0n) is 18.7. The number of nitrogens with zero attached hydrogens (tertiary/aromatic N) is 3. The molecule has 7 nitrogen and oxygen atoms in total. The van der Waals surface area contributed by atoms with Crippen molar-refractivity contribution in [1.82, 2.24) is 14.3 Å². The molecule has 1 aliphatic heterocycles. The highest BCUT2D eigenvalue weighted by Crippen LogP contribution is 2.60. The molecule has 7 rings (SSSR count). The Bertz CT molecular complexity index is 1150. The first-order valence-electron chi connectivity index (χ1n) is 12.1. The van der Waals surface area contributed by atoms with Crippen molar-refractivity contribution in [3.8, 4) is 0 Å². The van der Waals surface area contributed by atoms with Crippen molar-refractivity contribution in [2.24, 2.45) is 23.2 Å². The van der Waals surface area contributed by atoms with Gasteiger partial charge in [-0.05, 0) is 68.3 Å². The Hall–Kier alpha value is -2.32. The maximum absolute atomic E-state index is 13.5. The van der Waals surface area contributed by atoms with E-state index in [-0.39, 0.29) is 23.6 Å². The summed E-state index contributed by atoms with van der Waals surface area (Å²) in [4.78, 5) is 22.3. The molecule has 174 valence electrons. The fraction of sp³-hybridized carbons (Fsp3) is 0.560. The molecule has 4 aliphatic carbocycles. The predicted octanol–water partition coefficient (Wildman–Crippen LogP) is 3.52. The number of rotatable bonds is 5. The quantitative estimate of drug-likeness (QED) is 0.728. The van der Waals surface area contributed by atoms with Crippen LogP contribution in [0, 0.1) is 23.2 Å². The molecule has 2 aromatic rings. The van der Waals surface area contributed by atoms with Crippen molar-refractivity contribution in [2.75, 3.05) is 11.9 Å². The van der Waals surface area contributed by atoms with Crippen LogP contribution in [0.4, 0.5) is 5.82 Å². The molecule has 1 amide bonds. The van der Waals surface area contributed by atoms with E-state index in [9.17, 15) is 13.2 Å². The standard InChI is InChI=1S/C25H30N4O3S/c30-24(25-11-18-8-19(12-25)10-20(9-18)13-25)28-23-21-6-7-29(14-22(21)26-16-27-23)33(31,32)15-17-4-2-1-3-5-17/h1-5,16,18-20H,6-15H2,(H,26,27,28,30). The molecule has 33 heavy (non-hydrogen) atoms. The van der Waals surface area contributed by atoms with Gasteiger partial charge >= 0.3 is 0 Å². The Labute approximate surface area is 195 Å². The van der Waals surface area contributed by atoms with E-state index in [0.29, 0.717) is 42.2 Å². The molecule has 0 radical (unpaired) electrons. The number of aromatic nitrogens is 2. The van der Waals surface area contributed by atoms with E-state index in [1.165, 1.54) is 29.9 Å². The van der Waals surface area contributed by atoms with Gasteiger partial charge in [-0.3, -0.25) is 4.79 Å². The van der Waals surface area contributed by atoms with Gasteiger partial charge in [-0.1, -0.05) is 30.3 Å². The molecule has 0 saturated heterocycles. The normalized spacial score (nSPS) is 30.7. The van der Waals surface area contributed by atoms with E-state index in [1.807, 2.05) is 30.3 Å². The largest absolute Gasteiger partial charge is 0.310 e. The third-order valence-electron chi connectivity index (χ3n) is 8.31. The van der Waals surface area contributed by atoms with E-state index < -0.39 is 10.0 Å². The third kappa shape index (κ3) is 3.87. The highest BCUT2D eigenvalue weighted by atomic mass is 32.2. The van der Waals surface area contributed by atoms with Crippen LogP contribution in [-0.2, 0) is 33.5 Å². The molecule has 5 aliphatic rings. The second-order valence-corrected chi connectivity index (χ2v) is 12.6. The van der Waals surface area contributed by atoms with Gasteiger partial charge < -0.3 is 5.32 Å². The number of amides is 1. The highest BCUT2D eigenvalue weighted by molar-refractivity contribution is 7.88. The zero-order valence-corrected chi connectivity index (χ0v) is 19.6. The number of anilines is 1. The maximum atomic E-state index is 13.5. The van der Waals surface area contributed by atoms with Gasteiger partial charge in [0.15, 0.2) is 0 Å². The minimum absolute atomic E-state index is 0.0239. The van der Waals surface area contributed by atoms with E-state index in [2.05, 4.69) is 15.3 Å². The van der Waals surface area contributed by atoms with Crippen LogP contribution in [0.1, 0.15) is 55.3 Å². The van der Waals surface area contributed by atoms with E-state index in [4.69, 9.17) is 0 Å². The summed E-state index contributed by atoms with van der Waals surface area (Å²) in [6, 6.07) is 9.24. The first kappa shape index (κ1) is 21.2. The molecular formula is C25H30N4O3S. The molecule has 4 bridgehead atoms. The third-order valence-corrected chi connectivity index (χ3v) is 10.1. The Morgan fingerprint density at radius 3 is 2.36 bits per heavy atom. The van der Waals surface area contributed by atoms with Gasteiger partial charge in [-0.2, -0.15) is 4.31 Å². The average Bonchev–Trinajstić information content (AvgIpc) is 2.78. The minimum atomic E-state index is -3.46. The van der Waals surface area contributed by atoms with E-state index >= 15 is 0 Å². The van der Waals surface area contributed by atoms with Crippen LogP contribution in [0.25, 0.3) is 0 Å². The first-order chi connectivity index (χ1) is 15.9.